The van der Waals surface area contributed by atoms with E-state index in [9.17, 15) is 24.5 Å². The Morgan fingerprint density at radius 2 is 1.77 bits per heavy atom. The molecule has 0 saturated heterocycles. The Balaban J connectivity index is 0.00000341. The van der Waals surface area contributed by atoms with E-state index in [1.54, 1.807) is 24.3 Å². The molecule has 0 aliphatic rings. The van der Waals surface area contributed by atoms with Crippen molar-refractivity contribution >= 4 is 22.9 Å². The van der Waals surface area contributed by atoms with Crippen molar-refractivity contribution in [2.45, 2.75) is 44.9 Å². The van der Waals surface area contributed by atoms with E-state index in [2.05, 4.69) is 18.4 Å². The molecular weight excluding hydrogens is 408 g/mol. The van der Waals surface area contributed by atoms with E-state index in [-0.39, 0.29) is 47.8 Å². The number of aliphatic carboxylic acids is 1. The molecule has 0 bridgehead atoms. The molecule has 1 heterocycles. The fraction of sp³-hybridized carbons (Fsp3) is 0.292. The molecule has 0 radical (unpaired) electrons. The van der Waals surface area contributed by atoms with Crippen LogP contribution < -0.4 is 34.7 Å². The number of aromatic nitrogens is 1. The number of nitrogens with zero attached hydrogens (tertiary/aromatic N) is 1. The van der Waals surface area contributed by atoms with Crippen molar-refractivity contribution < 1.29 is 54.1 Å². The summed E-state index contributed by atoms with van der Waals surface area (Å²) in [5, 5.41) is 31.6. The number of halogens is 1. The summed E-state index contributed by atoms with van der Waals surface area (Å²) < 4.78 is 15.6. The maximum absolute atomic E-state index is 13.5. The van der Waals surface area contributed by atoms with Gasteiger partial charge < -0.3 is 24.7 Å². The number of aliphatic hydroxyl groups is 2. The number of carbonyl (C=O) groups excluding carboxylic acids is 1. The number of aliphatic hydroxyl groups excluding tert-OH is 2. The monoisotopic (exact) mass is 433 g/mol. The van der Waals surface area contributed by atoms with Gasteiger partial charge in [-0.1, -0.05) is 36.4 Å². The number of carboxylic acid groups (broad SMARTS) is 1. The van der Waals surface area contributed by atoms with Crippen molar-refractivity contribution in [3.8, 4) is 11.1 Å². The van der Waals surface area contributed by atoms with Crippen LogP contribution in [0.25, 0.3) is 28.1 Å². The van der Waals surface area contributed by atoms with Crippen LogP contribution in [0.2, 0.25) is 0 Å². The van der Waals surface area contributed by atoms with Gasteiger partial charge in [-0.15, -0.1) is 0 Å². The Hall–Kier alpha value is -1.96. The van der Waals surface area contributed by atoms with E-state index in [0.717, 1.165) is 27.7 Å². The zero-order chi connectivity index (χ0) is 21.8. The topological polar surface area (TPSA) is 85.5 Å². The van der Waals surface area contributed by atoms with Crippen LogP contribution in [0.1, 0.15) is 38.4 Å². The van der Waals surface area contributed by atoms with E-state index in [1.165, 1.54) is 12.1 Å². The van der Waals surface area contributed by atoms with Gasteiger partial charge in [0.25, 0.3) is 0 Å². The van der Waals surface area contributed by atoms with Gasteiger partial charge in [-0.3, -0.25) is 0 Å². The SMILES string of the molecule is CC(C)n1c(C=C[C@@H](O)C[C@H](O)CC(=O)[O-])c(-c2ccc(F)cc2)c2ccccc21.[Na+]. The molecule has 5 nitrogen and oxygen atoms in total. The normalized spacial score (nSPS) is 13.5. The first-order valence-corrected chi connectivity index (χ1v) is 9.91. The smallest absolute Gasteiger partial charge is 0.550 e. The molecule has 31 heavy (non-hydrogen) atoms. The van der Waals surface area contributed by atoms with Crippen LogP contribution in [0.15, 0.2) is 54.6 Å². The zero-order valence-electron chi connectivity index (χ0n) is 18.0. The third kappa shape index (κ3) is 6.05. The third-order valence-corrected chi connectivity index (χ3v) is 4.99. The molecule has 0 aliphatic carbocycles. The summed E-state index contributed by atoms with van der Waals surface area (Å²) in [7, 11) is 0. The Morgan fingerprint density at radius 3 is 2.39 bits per heavy atom. The molecule has 3 aromatic rings. The van der Waals surface area contributed by atoms with Gasteiger partial charge >= 0.3 is 29.6 Å². The number of rotatable bonds is 8. The van der Waals surface area contributed by atoms with Crippen LogP contribution in [-0.2, 0) is 4.79 Å². The van der Waals surface area contributed by atoms with Gasteiger partial charge in [-0.2, -0.15) is 0 Å². The van der Waals surface area contributed by atoms with E-state index in [0.29, 0.717) is 0 Å². The Kier molecular flexibility index (Phi) is 9.03. The molecular formula is C24H25FNNaO4. The quantitative estimate of drug-likeness (QED) is 0.501. The van der Waals surface area contributed by atoms with Crippen molar-refractivity contribution in [3.05, 3.63) is 66.1 Å². The fourth-order valence-corrected chi connectivity index (χ4v) is 3.76. The molecule has 0 amide bonds. The Morgan fingerprint density at radius 1 is 1.13 bits per heavy atom. The van der Waals surface area contributed by atoms with Crippen molar-refractivity contribution in [2.24, 2.45) is 0 Å². The second-order valence-electron chi connectivity index (χ2n) is 7.64. The molecule has 0 aliphatic heterocycles. The second kappa shape index (κ2) is 11.1. The fourth-order valence-electron chi connectivity index (χ4n) is 3.76. The second-order valence-corrected chi connectivity index (χ2v) is 7.64. The van der Waals surface area contributed by atoms with Crippen LogP contribution in [0.4, 0.5) is 4.39 Å². The summed E-state index contributed by atoms with van der Waals surface area (Å²) in [6, 6.07) is 14.3. The number of hydrogen-bond donors (Lipinski definition) is 2. The molecule has 2 atom stereocenters. The van der Waals surface area contributed by atoms with Crippen molar-refractivity contribution in [2.75, 3.05) is 0 Å². The first-order chi connectivity index (χ1) is 14.3. The molecule has 3 rings (SSSR count). The zero-order valence-corrected chi connectivity index (χ0v) is 20.0. The minimum Gasteiger partial charge on any atom is -0.550 e. The Labute approximate surface area is 203 Å². The minimum atomic E-state index is -1.36. The molecule has 0 fully saturated rings. The molecule has 0 unspecified atom stereocenters. The first kappa shape index (κ1) is 25.3. The molecule has 1 aromatic heterocycles. The van der Waals surface area contributed by atoms with Crippen LogP contribution in [0.3, 0.4) is 0 Å². The van der Waals surface area contributed by atoms with Crippen LogP contribution in [0, 0.1) is 5.82 Å². The summed E-state index contributed by atoms with van der Waals surface area (Å²) in [4.78, 5) is 10.6. The standard InChI is InChI=1S/C24H26FNO4.Na/c1-15(2)26-21-6-4-3-5-20(21)24(16-7-9-17(25)10-8-16)22(26)12-11-18(27)13-19(28)14-23(29)30;/h3-12,15,18-19,27-28H,13-14H2,1-2H3,(H,29,30);/q;+1/p-1/t18-,19+;/m1./s1. The predicted molar refractivity (Wildman–Crippen MR) is 113 cm³/mol. The van der Waals surface area contributed by atoms with Gasteiger partial charge in [0.15, 0.2) is 0 Å². The summed E-state index contributed by atoms with van der Waals surface area (Å²) in [5.74, 6) is -1.68. The number of benzene rings is 2. The maximum Gasteiger partial charge on any atom is 1.00 e. The minimum absolute atomic E-state index is 0. The first-order valence-electron chi connectivity index (χ1n) is 9.91. The van der Waals surface area contributed by atoms with Gasteiger partial charge in [0, 0.05) is 47.0 Å². The van der Waals surface area contributed by atoms with E-state index < -0.39 is 24.6 Å². The van der Waals surface area contributed by atoms with Crippen molar-refractivity contribution in [3.63, 3.8) is 0 Å². The number of para-hydroxylation sites is 1. The van der Waals surface area contributed by atoms with Crippen molar-refractivity contribution in [1.82, 2.24) is 4.57 Å². The third-order valence-electron chi connectivity index (χ3n) is 4.99. The summed E-state index contributed by atoms with van der Waals surface area (Å²) in [6.45, 7) is 4.11. The summed E-state index contributed by atoms with van der Waals surface area (Å²) in [6.07, 6.45) is 0.450. The number of hydrogen-bond acceptors (Lipinski definition) is 4. The molecule has 158 valence electrons. The van der Waals surface area contributed by atoms with Gasteiger partial charge in [-0.05, 0) is 43.7 Å². The van der Waals surface area contributed by atoms with Gasteiger partial charge in [0.1, 0.15) is 5.82 Å². The van der Waals surface area contributed by atoms with Crippen molar-refractivity contribution in [1.29, 1.82) is 0 Å². The predicted octanol–water partition coefficient (Wildman–Crippen LogP) is 0.297. The number of carboxylic acids is 1. The van der Waals surface area contributed by atoms with E-state index >= 15 is 0 Å². The van der Waals surface area contributed by atoms with Crippen LogP contribution in [-0.4, -0.2) is 33.0 Å². The summed E-state index contributed by atoms with van der Waals surface area (Å²) >= 11 is 0. The average Bonchev–Trinajstić information content (AvgIpc) is 3.00. The largest absolute Gasteiger partial charge is 1.00 e. The van der Waals surface area contributed by atoms with Gasteiger partial charge in [-0.25, -0.2) is 4.39 Å². The molecule has 7 heteroatoms. The molecule has 0 spiro atoms. The summed E-state index contributed by atoms with van der Waals surface area (Å²) in [5.41, 5.74) is 3.61. The average molecular weight is 433 g/mol. The molecule has 2 N–H and O–H groups in total. The molecule has 2 aromatic carbocycles. The van der Waals surface area contributed by atoms with Crippen LogP contribution in [0.5, 0.6) is 0 Å². The number of carbonyl (C=O) groups is 1. The van der Waals surface area contributed by atoms with Gasteiger partial charge in [0.2, 0.25) is 0 Å². The number of fused-ring (bicyclic) bond motifs is 1. The maximum atomic E-state index is 13.5. The van der Waals surface area contributed by atoms with E-state index in [1.807, 2.05) is 24.3 Å². The van der Waals surface area contributed by atoms with Gasteiger partial charge in [0.05, 0.1) is 12.2 Å². The van der Waals surface area contributed by atoms with E-state index in [4.69, 9.17) is 0 Å². The Bertz CT molecular complexity index is 1060. The molecule has 0 saturated carbocycles. The van der Waals surface area contributed by atoms with Crippen LogP contribution >= 0.6 is 0 Å².